The third-order valence-corrected chi connectivity index (χ3v) is 1.78. The number of nitrogens with zero attached hydrogens (tertiary/aromatic N) is 2. The average Bonchev–Trinajstić information content (AvgIpc) is 2.35. The van der Waals surface area contributed by atoms with Crippen molar-refractivity contribution in [2.75, 3.05) is 6.61 Å². The zero-order valence-corrected chi connectivity index (χ0v) is 7.91. The first kappa shape index (κ1) is 9.26. The Morgan fingerprint density at radius 3 is 2.67 bits per heavy atom. The molecule has 0 spiro atoms. The smallest absolute Gasteiger partial charge is 0.0518 e. The Bertz CT molecular complexity index is 253. The third kappa shape index (κ3) is 2.34. The van der Waals surface area contributed by atoms with Crippen LogP contribution in [0.1, 0.15) is 19.4 Å². The highest BCUT2D eigenvalue weighted by Crippen LogP contribution is 2.16. The van der Waals surface area contributed by atoms with E-state index in [9.17, 15) is 0 Å². The Morgan fingerprint density at radius 2 is 2.25 bits per heavy atom. The number of aliphatic hydroxyl groups is 1. The van der Waals surface area contributed by atoms with Crippen LogP contribution in [-0.4, -0.2) is 21.5 Å². The average molecular weight is 168 g/mol. The fourth-order valence-electron chi connectivity index (χ4n) is 1.04. The van der Waals surface area contributed by atoms with Crippen molar-refractivity contribution >= 4 is 0 Å². The molecule has 0 bridgehead atoms. The molecule has 3 nitrogen and oxygen atoms in total. The predicted molar refractivity (Wildman–Crippen MR) is 47.8 cm³/mol. The molecule has 0 aliphatic carbocycles. The van der Waals surface area contributed by atoms with E-state index in [1.807, 2.05) is 37.8 Å². The molecule has 1 N–H and O–H groups in total. The van der Waals surface area contributed by atoms with Gasteiger partial charge in [0, 0.05) is 24.8 Å². The molecule has 0 amide bonds. The van der Waals surface area contributed by atoms with Crippen LogP contribution >= 0.6 is 0 Å². The number of aryl methyl sites for hydroxylation is 1. The van der Waals surface area contributed by atoms with Crippen LogP contribution < -0.4 is 0 Å². The highest BCUT2D eigenvalue weighted by molar-refractivity contribution is 4.99. The van der Waals surface area contributed by atoms with E-state index in [1.165, 1.54) is 0 Å². The maximum absolute atomic E-state index is 9.02. The van der Waals surface area contributed by atoms with E-state index in [4.69, 9.17) is 5.11 Å². The lowest BCUT2D eigenvalue weighted by Crippen LogP contribution is -2.23. The maximum Gasteiger partial charge on any atom is 0.0518 e. The zero-order chi connectivity index (χ0) is 9.19. The van der Waals surface area contributed by atoms with Gasteiger partial charge in [-0.05, 0) is 12.5 Å². The van der Waals surface area contributed by atoms with Crippen molar-refractivity contribution in [2.24, 2.45) is 5.41 Å². The number of hydrogen-bond acceptors (Lipinski definition) is 2. The largest absolute Gasteiger partial charge is 0.396 e. The molecular formula is C9H16N2O. The number of aliphatic hydroxyl groups excluding tert-OH is 1. The van der Waals surface area contributed by atoms with Crippen molar-refractivity contribution in [3.05, 3.63) is 18.0 Å². The second kappa shape index (κ2) is 3.27. The lowest BCUT2D eigenvalue weighted by molar-refractivity contribution is 0.136. The maximum atomic E-state index is 9.02. The quantitative estimate of drug-likeness (QED) is 0.736. The van der Waals surface area contributed by atoms with Crippen molar-refractivity contribution in [1.29, 1.82) is 0 Å². The molecule has 1 aromatic heterocycles. The van der Waals surface area contributed by atoms with Gasteiger partial charge < -0.3 is 5.11 Å². The molecule has 0 saturated carbocycles. The first-order chi connectivity index (χ1) is 5.53. The molecule has 3 heteroatoms. The monoisotopic (exact) mass is 168 g/mol. The normalized spacial score (nSPS) is 12.0. The minimum atomic E-state index is -0.0849. The highest BCUT2D eigenvalue weighted by atomic mass is 16.3. The van der Waals surface area contributed by atoms with Gasteiger partial charge in [-0.25, -0.2) is 0 Å². The molecule has 0 saturated heterocycles. The Kier molecular flexibility index (Phi) is 2.52. The summed E-state index contributed by atoms with van der Waals surface area (Å²) < 4.78 is 1.87. The van der Waals surface area contributed by atoms with E-state index in [0.717, 1.165) is 12.1 Å². The highest BCUT2D eigenvalue weighted by Gasteiger charge is 2.17. The summed E-state index contributed by atoms with van der Waals surface area (Å²) in [6.07, 6.45) is 3.81. The lowest BCUT2D eigenvalue weighted by Gasteiger charge is -2.20. The standard InChI is InChI=1S/C9H16N2O/c1-8-4-10-11(5-8)6-9(2,3)7-12/h4-5,12H,6-7H2,1-3H3. The number of rotatable bonds is 3. The van der Waals surface area contributed by atoms with E-state index in [0.29, 0.717) is 0 Å². The minimum Gasteiger partial charge on any atom is -0.396 e. The molecule has 0 aromatic carbocycles. The van der Waals surface area contributed by atoms with Crippen LogP contribution in [-0.2, 0) is 6.54 Å². The Hall–Kier alpha value is -0.830. The Balaban J connectivity index is 2.63. The van der Waals surface area contributed by atoms with Gasteiger partial charge in [0.2, 0.25) is 0 Å². The van der Waals surface area contributed by atoms with Crippen LogP contribution in [0.15, 0.2) is 12.4 Å². The van der Waals surface area contributed by atoms with Crippen molar-refractivity contribution in [3.8, 4) is 0 Å². The molecule has 0 aliphatic heterocycles. The van der Waals surface area contributed by atoms with E-state index in [1.54, 1.807) is 0 Å². The first-order valence-corrected chi connectivity index (χ1v) is 4.13. The fourth-order valence-corrected chi connectivity index (χ4v) is 1.04. The first-order valence-electron chi connectivity index (χ1n) is 4.13. The van der Waals surface area contributed by atoms with Crippen molar-refractivity contribution < 1.29 is 5.11 Å². The van der Waals surface area contributed by atoms with Crippen molar-refractivity contribution in [1.82, 2.24) is 9.78 Å². The Labute approximate surface area is 73.0 Å². The molecule has 0 radical (unpaired) electrons. The van der Waals surface area contributed by atoms with Crippen LogP contribution in [0.2, 0.25) is 0 Å². The molecule has 68 valence electrons. The molecule has 1 aromatic rings. The number of aromatic nitrogens is 2. The van der Waals surface area contributed by atoms with Crippen LogP contribution in [0.4, 0.5) is 0 Å². The summed E-state index contributed by atoms with van der Waals surface area (Å²) in [5.74, 6) is 0. The Morgan fingerprint density at radius 1 is 1.58 bits per heavy atom. The van der Waals surface area contributed by atoms with Gasteiger partial charge in [0.1, 0.15) is 0 Å². The second-order valence-corrected chi connectivity index (χ2v) is 4.04. The van der Waals surface area contributed by atoms with Gasteiger partial charge in [0.05, 0.1) is 6.20 Å². The van der Waals surface area contributed by atoms with Gasteiger partial charge in [-0.15, -0.1) is 0 Å². The summed E-state index contributed by atoms with van der Waals surface area (Å²) in [4.78, 5) is 0. The van der Waals surface area contributed by atoms with Crippen LogP contribution in [0, 0.1) is 12.3 Å². The second-order valence-electron chi connectivity index (χ2n) is 4.04. The van der Waals surface area contributed by atoms with Gasteiger partial charge in [0.15, 0.2) is 0 Å². The van der Waals surface area contributed by atoms with Gasteiger partial charge >= 0.3 is 0 Å². The van der Waals surface area contributed by atoms with Crippen molar-refractivity contribution in [3.63, 3.8) is 0 Å². The molecule has 0 aliphatic rings. The molecule has 0 unspecified atom stereocenters. The molecule has 1 rings (SSSR count). The van der Waals surface area contributed by atoms with Gasteiger partial charge in [-0.3, -0.25) is 4.68 Å². The van der Waals surface area contributed by atoms with E-state index < -0.39 is 0 Å². The van der Waals surface area contributed by atoms with Crippen LogP contribution in [0.25, 0.3) is 0 Å². The van der Waals surface area contributed by atoms with Gasteiger partial charge in [-0.2, -0.15) is 5.10 Å². The zero-order valence-electron chi connectivity index (χ0n) is 7.91. The molecule has 12 heavy (non-hydrogen) atoms. The van der Waals surface area contributed by atoms with Gasteiger partial charge in [0.25, 0.3) is 0 Å². The third-order valence-electron chi connectivity index (χ3n) is 1.78. The lowest BCUT2D eigenvalue weighted by atomic mass is 9.95. The summed E-state index contributed by atoms with van der Waals surface area (Å²) in [6, 6.07) is 0. The molecular weight excluding hydrogens is 152 g/mol. The summed E-state index contributed by atoms with van der Waals surface area (Å²) in [5, 5.41) is 13.2. The van der Waals surface area contributed by atoms with E-state index in [2.05, 4.69) is 5.10 Å². The summed E-state index contributed by atoms with van der Waals surface area (Å²) >= 11 is 0. The van der Waals surface area contributed by atoms with Gasteiger partial charge in [-0.1, -0.05) is 13.8 Å². The summed E-state index contributed by atoms with van der Waals surface area (Å²) in [6.45, 7) is 6.99. The topological polar surface area (TPSA) is 38.0 Å². The van der Waals surface area contributed by atoms with E-state index in [-0.39, 0.29) is 12.0 Å². The van der Waals surface area contributed by atoms with Crippen LogP contribution in [0.3, 0.4) is 0 Å². The van der Waals surface area contributed by atoms with E-state index >= 15 is 0 Å². The summed E-state index contributed by atoms with van der Waals surface area (Å²) in [5.41, 5.74) is 1.07. The van der Waals surface area contributed by atoms with Crippen LogP contribution in [0.5, 0.6) is 0 Å². The minimum absolute atomic E-state index is 0.0849. The SMILES string of the molecule is Cc1cnn(CC(C)(C)CO)c1. The fraction of sp³-hybridized carbons (Fsp3) is 0.667. The summed E-state index contributed by atoms with van der Waals surface area (Å²) in [7, 11) is 0. The predicted octanol–water partition coefficient (Wildman–Crippen LogP) is 1.21. The van der Waals surface area contributed by atoms with Crippen molar-refractivity contribution in [2.45, 2.75) is 27.3 Å². The number of hydrogen-bond donors (Lipinski definition) is 1. The molecule has 0 fully saturated rings. The molecule has 0 atom stereocenters. The molecule has 1 heterocycles.